The van der Waals surface area contributed by atoms with Crippen molar-refractivity contribution in [1.29, 1.82) is 0 Å². The Bertz CT molecular complexity index is 1300. The standard InChI is InChI=1S/C32H41N5O5.C2H6/c1-32(2,3)42-28(38)21-37-27(22-10-5-4-6-11-22)15-9-14-26(29(37)39)34-30(40)35-18-16-24(17-19-35)36-20-23-12-7-8-13-25(23)33-31(36)41;1-2/h4-8,10-13,24,26-27H,9,14-21H2,1-3H3,(H,33,41)(H,34,40);1-2H3. The maximum atomic E-state index is 13.9. The molecule has 0 radical (unpaired) electrons. The van der Waals surface area contributed by atoms with Gasteiger partial charge in [-0.15, -0.1) is 0 Å². The summed E-state index contributed by atoms with van der Waals surface area (Å²) in [5.41, 5.74) is 2.20. The molecule has 3 heterocycles. The first-order valence-electron chi connectivity index (χ1n) is 15.9. The minimum absolute atomic E-state index is 0.0258. The fourth-order valence-electron chi connectivity index (χ4n) is 6.14. The number of carbonyl (C=O) groups is 4. The number of urea groups is 2. The van der Waals surface area contributed by atoms with E-state index in [0.717, 1.165) is 16.8 Å². The minimum Gasteiger partial charge on any atom is -0.459 e. The van der Waals surface area contributed by atoms with Gasteiger partial charge in [0.15, 0.2) is 0 Å². The van der Waals surface area contributed by atoms with E-state index < -0.39 is 17.6 Å². The number of piperidine rings is 1. The zero-order chi connectivity index (χ0) is 31.9. The van der Waals surface area contributed by atoms with Crippen molar-refractivity contribution in [3.63, 3.8) is 0 Å². The number of rotatable bonds is 5. The highest BCUT2D eigenvalue weighted by atomic mass is 16.6. The lowest BCUT2D eigenvalue weighted by Crippen LogP contribution is -2.56. The van der Waals surface area contributed by atoms with E-state index in [2.05, 4.69) is 10.6 Å². The number of nitrogens with zero attached hydrogens (tertiary/aromatic N) is 3. The second-order valence-electron chi connectivity index (χ2n) is 12.3. The van der Waals surface area contributed by atoms with Gasteiger partial charge >= 0.3 is 18.0 Å². The molecule has 10 nitrogen and oxygen atoms in total. The number of likely N-dealkylation sites (tertiary alicyclic amines) is 2. The predicted octanol–water partition coefficient (Wildman–Crippen LogP) is 5.70. The van der Waals surface area contributed by atoms with E-state index in [1.165, 1.54) is 0 Å². The highest BCUT2D eigenvalue weighted by Gasteiger charge is 2.38. The Morgan fingerprint density at radius 1 is 0.932 bits per heavy atom. The van der Waals surface area contributed by atoms with Crippen molar-refractivity contribution in [2.45, 2.75) is 97.0 Å². The van der Waals surface area contributed by atoms with Crippen LogP contribution < -0.4 is 10.6 Å². The fourth-order valence-corrected chi connectivity index (χ4v) is 6.14. The Kier molecular flexibility index (Phi) is 10.9. The topological polar surface area (TPSA) is 111 Å². The highest BCUT2D eigenvalue weighted by Crippen LogP contribution is 2.32. The lowest BCUT2D eigenvalue weighted by atomic mass is 10.0. The summed E-state index contributed by atoms with van der Waals surface area (Å²) in [4.78, 5) is 58.0. The Labute approximate surface area is 261 Å². The lowest BCUT2D eigenvalue weighted by molar-refractivity contribution is -0.160. The normalized spacial score (nSPS) is 20.9. The molecule has 2 fully saturated rings. The first-order valence-corrected chi connectivity index (χ1v) is 15.9. The molecule has 2 atom stereocenters. The monoisotopic (exact) mass is 605 g/mol. The first-order chi connectivity index (χ1) is 21.1. The SMILES string of the molecule is CC.CC(C)(C)OC(=O)CN1C(=O)C(NC(=O)N2CCC(N3Cc4ccccc4NC3=O)CC2)CCCC1c1ccccc1. The van der Waals surface area contributed by atoms with Crippen LogP contribution in [0.1, 0.15) is 83.9 Å². The number of amides is 5. The molecule has 0 aliphatic carbocycles. The first kappa shape index (κ1) is 32.8. The average Bonchev–Trinajstić information content (AvgIpc) is 3.15. The number of hydrogen-bond acceptors (Lipinski definition) is 5. The largest absolute Gasteiger partial charge is 0.459 e. The Balaban J connectivity index is 0.00000216. The Morgan fingerprint density at radius 3 is 2.27 bits per heavy atom. The van der Waals surface area contributed by atoms with Gasteiger partial charge < -0.3 is 30.1 Å². The third kappa shape index (κ3) is 8.09. The molecule has 3 aliphatic rings. The van der Waals surface area contributed by atoms with Gasteiger partial charge in [0.1, 0.15) is 18.2 Å². The van der Waals surface area contributed by atoms with Crippen molar-refractivity contribution in [3.05, 3.63) is 65.7 Å². The van der Waals surface area contributed by atoms with E-state index in [-0.39, 0.29) is 36.6 Å². The molecule has 0 bridgehead atoms. The number of hydrogen-bond donors (Lipinski definition) is 2. The van der Waals surface area contributed by atoms with Gasteiger partial charge in [0.2, 0.25) is 5.91 Å². The van der Waals surface area contributed by atoms with Crippen molar-refractivity contribution in [3.8, 4) is 0 Å². The molecule has 0 aromatic heterocycles. The van der Waals surface area contributed by atoms with Crippen LogP contribution in [0.15, 0.2) is 54.6 Å². The van der Waals surface area contributed by atoms with Gasteiger partial charge in [0, 0.05) is 31.4 Å². The zero-order valence-electron chi connectivity index (χ0n) is 26.7. The number of benzene rings is 2. The zero-order valence-corrected chi connectivity index (χ0v) is 26.7. The van der Waals surface area contributed by atoms with Crippen molar-refractivity contribution in [2.75, 3.05) is 25.0 Å². The Hall–Kier alpha value is -4.08. The van der Waals surface area contributed by atoms with Crippen molar-refractivity contribution in [2.24, 2.45) is 0 Å². The molecule has 3 aliphatic heterocycles. The summed E-state index contributed by atoms with van der Waals surface area (Å²) in [5.74, 6) is -0.755. The molecule has 5 rings (SSSR count). The van der Waals surface area contributed by atoms with Gasteiger partial charge in [-0.05, 0) is 70.1 Å². The summed E-state index contributed by atoms with van der Waals surface area (Å²) in [6.45, 7) is 10.7. The van der Waals surface area contributed by atoms with Crippen LogP contribution in [0.4, 0.5) is 15.3 Å². The van der Waals surface area contributed by atoms with E-state index in [9.17, 15) is 19.2 Å². The van der Waals surface area contributed by atoms with E-state index in [0.29, 0.717) is 51.7 Å². The summed E-state index contributed by atoms with van der Waals surface area (Å²) < 4.78 is 5.55. The van der Waals surface area contributed by atoms with E-state index in [1.54, 1.807) is 30.6 Å². The smallest absolute Gasteiger partial charge is 0.326 e. The van der Waals surface area contributed by atoms with Crippen LogP contribution in [0.5, 0.6) is 0 Å². The summed E-state index contributed by atoms with van der Waals surface area (Å²) in [6, 6.07) is 16.1. The van der Waals surface area contributed by atoms with E-state index >= 15 is 0 Å². The molecule has 44 heavy (non-hydrogen) atoms. The maximum Gasteiger partial charge on any atom is 0.326 e. The molecule has 2 aromatic rings. The van der Waals surface area contributed by atoms with Crippen LogP contribution in [0.2, 0.25) is 0 Å². The molecule has 2 N–H and O–H groups in total. The quantitative estimate of drug-likeness (QED) is 0.425. The van der Waals surface area contributed by atoms with Crippen LogP contribution in [0, 0.1) is 0 Å². The average molecular weight is 606 g/mol. The molecule has 2 aromatic carbocycles. The van der Waals surface area contributed by atoms with Crippen LogP contribution in [0.3, 0.4) is 0 Å². The summed E-state index contributed by atoms with van der Waals surface area (Å²) in [6.07, 6.45) is 3.19. The summed E-state index contributed by atoms with van der Waals surface area (Å²) >= 11 is 0. The molecule has 5 amide bonds. The molecule has 238 valence electrons. The Morgan fingerprint density at radius 2 is 1.59 bits per heavy atom. The van der Waals surface area contributed by atoms with Gasteiger partial charge in [-0.2, -0.15) is 0 Å². The molecule has 10 heteroatoms. The number of ether oxygens (including phenoxy) is 1. The van der Waals surface area contributed by atoms with Crippen LogP contribution >= 0.6 is 0 Å². The number of nitrogens with one attached hydrogen (secondary N) is 2. The molecule has 2 saturated heterocycles. The minimum atomic E-state index is -0.740. The molecular formula is C34H47N5O5. The van der Waals surface area contributed by atoms with Gasteiger partial charge in [-0.3, -0.25) is 9.59 Å². The molecular weight excluding hydrogens is 558 g/mol. The van der Waals surface area contributed by atoms with Crippen LogP contribution in [-0.4, -0.2) is 76.0 Å². The third-order valence-corrected chi connectivity index (χ3v) is 8.18. The number of fused-ring (bicyclic) bond motifs is 1. The number of esters is 1. The summed E-state index contributed by atoms with van der Waals surface area (Å²) in [7, 11) is 0. The van der Waals surface area contributed by atoms with Gasteiger partial charge in [-0.1, -0.05) is 62.4 Å². The molecule has 0 spiro atoms. The number of anilines is 1. The summed E-state index contributed by atoms with van der Waals surface area (Å²) in [5, 5.41) is 5.94. The van der Waals surface area contributed by atoms with Gasteiger partial charge in [0.05, 0.1) is 6.04 Å². The maximum absolute atomic E-state index is 13.9. The van der Waals surface area contributed by atoms with Gasteiger partial charge in [0.25, 0.3) is 0 Å². The highest BCUT2D eigenvalue weighted by molar-refractivity contribution is 5.92. The number of carbonyl (C=O) groups excluding carboxylic acids is 4. The van der Waals surface area contributed by atoms with Gasteiger partial charge in [-0.25, -0.2) is 9.59 Å². The van der Waals surface area contributed by atoms with Crippen molar-refractivity contribution in [1.82, 2.24) is 20.0 Å². The second-order valence-corrected chi connectivity index (χ2v) is 12.3. The van der Waals surface area contributed by atoms with Crippen LogP contribution in [-0.2, 0) is 20.9 Å². The second kappa shape index (κ2) is 14.6. The van der Waals surface area contributed by atoms with E-state index in [1.807, 2.05) is 73.3 Å². The lowest BCUT2D eigenvalue weighted by Gasteiger charge is -2.40. The molecule has 0 saturated carbocycles. The molecule has 2 unspecified atom stereocenters. The fraction of sp³-hybridized carbons (Fsp3) is 0.529. The predicted molar refractivity (Wildman–Crippen MR) is 170 cm³/mol. The van der Waals surface area contributed by atoms with E-state index in [4.69, 9.17) is 4.74 Å². The van der Waals surface area contributed by atoms with Crippen molar-refractivity contribution < 1.29 is 23.9 Å². The van der Waals surface area contributed by atoms with Crippen LogP contribution in [0.25, 0.3) is 0 Å². The van der Waals surface area contributed by atoms with Crippen molar-refractivity contribution >= 4 is 29.6 Å². The third-order valence-electron chi connectivity index (χ3n) is 8.18. The number of para-hydroxylation sites is 1.